The van der Waals surface area contributed by atoms with E-state index in [1.807, 2.05) is 42.5 Å². The molecule has 3 atom stereocenters. The fourth-order valence-electron chi connectivity index (χ4n) is 4.45. The topological polar surface area (TPSA) is 82.5 Å². The zero-order valence-corrected chi connectivity index (χ0v) is 16.4. The molecule has 1 saturated carbocycles. The summed E-state index contributed by atoms with van der Waals surface area (Å²) in [7, 11) is 0. The molecule has 0 bridgehead atoms. The Morgan fingerprint density at radius 2 is 1.79 bits per heavy atom. The smallest absolute Gasteiger partial charge is 0.227 e. The molecule has 4 rings (SSSR count). The standard InChI is InChI=1S/C23H27N3O3/c27-15-20-22(17-5-2-1-3-6-17)19(14-25-23(29)18-7-4-8-18)26(20)21(28)13-16-9-11-24-12-10-16/h1-3,5-6,9-12,18-20,22,27H,4,7-8,13-15H2,(H,25,29)/t19-,20-,22-/m0/s1. The van der Waals surface area contributed by atoms with Gasteiger partial charge in [0.05, 0.1) is 25.1 Å². The number of benzene rings is 1. The Labute approximate surface area is 171 Å². The lowest BCUT2D eigenvalue weighted by atomic mass is 9.74. The molecule has 152 valence electrons. The van der Waals surface area contributed by atoms with E-state index in [1.54, 1.807) is 17.3 Å². The van der Waals surface area contributed by atoms with Crippen LogP contribution in [0.5, 0.6) is 0 Å². The van der Waals surface area contributed by atoms with E-state index >= 15 is 0 Å². The number of hydrogen-bond acceptors (Lipinski definition) is 4. The molecular weight excluding hydrogens is 366 g/mol. The normalized spacial score (nSPS) is 23.8. The van der Waals surface area contributed by atoms with Crippen molar-refractivity contribution < 1.29 is 14.7 Å². The van der Waals surface area contributed by atoms with E-state index in [0.29, 0.717) is 6.54 Å². The quantitative estimate of drug-likeness (QED) is 0.753. The van der Waals surface area contributed by atoms with Gasteiger partial charge in [0.2, 0.25) is 11.8 Å². The second-order valence-corrected chi connectivity index (χ2v) is 7.96. The lowest BCUT2D eigenvalue weighted by Gasteiger charge is -2.55. The van der Waals surface area contributed by atoms with Crippen molar-refractivity contribution in [2.75, 3.05) is 13.2 Å². The van der Waals surface area contributed by atoms with Gasteiger partial charge in [-0.1, -0.05) is 36.8 Å². The first kappa shape index (κ1) is 19.6. The van der Waals surface area contributed by atoms with Crippen molar-refractivity contribution >= 4 is 11.8 Å². The number of carbonyl (C=O) groups excluding carboxylic acids is 2. The minimum Gasteiger partial charge on any atom is -0.394 e. The van der Waals surface area contributed by atoms with E-state index in [2.05, 4.69) is 10.3 Å². The van der Waals surface area contributed by atoms with E-state index in [4.69, 9.17) is 0 Å². The van der Waals surface area contributed by atoms with Gasteiger partial charge in [-0.05, 0) is 36.1 Å². The highest BCUT2D eigenvalue weighted by Gasteiger charge is 2.50. The molecular formula is C23H27N3O3. The largest absolute Gasteiger partial charge is 0.394 e. The molecule has 0 radical (unpaired) electrons. The first-order valence-electron chi connectivity index (χ1n) is 10.3. The van der Waals surface area contributed by atoms with Crippen molar-refractivity contribution in [3.63, 3.8) is 0 Å². The number of carbonyl (C=O) groups is 2. The van der Waals surface area contributed by atoms with Crippen molar-refractivity contribution in [2.45, 2.75) is 43.7 Å². The van der Waals surface area contributed by atoms with E-state index < -0.39 is 0 Å². The van der Waals surface area contributed by atoms with Gasteiger partial charge in [0.15, 0.2) is 0 Å². The van der Waals surface area contributed by atoms with Gasteiger partial charge < -0.3 is 15.3 Å². The molecule has 0 unspecified atom stereocenters. The van der Waals surface area contributed by atoms with Crippen molar-refractivity contribution in [3.8, 4) is 0 Å². The van der Waals surface area contributed by atoms with Crippen molar-refractivity contribution in [1.82, 2.24) is 15.2 Å². The van der Waals surface area contributed by atoms with Crippen LogP contribution in [0.1, 0.15) is 36.3 Å². The molecule has 1 aromatic heterocycles. The summed E-state index contributed by atoms with van der Waals surface area (Å²) in [6.45, 7) is 0.308. The fourth-order valence-corrected chi connectivity index (χ4v) is 4.45. The summed E-state index contributed by atoms with van der Waals surface area (Å²) >= 11 is 0. The summed E-state index contributed by atoms with van der Waals surface area (Å²) < 4.78 is 0. The molecule has 1 aromatic carbocycles. The zero-order valence-electron chi connectivity index (χ0n) is 16.4. The summed E-state index contributed by atoms with van der Waals surface area (Å²) in [5.41, 5.74) is 1.98. The van der Waals surface area contributed by atoms with Crippen LogP contribution in [0.2, 0.25) is 0 Å². The molecule has 2 N–H and O–H groups in total. The Balaban J connectivity index is 1.52. The molecule has 1 aliphatic carbocycles. The van der Waals surface area contributed by atoms with E-state index in [-0.39, 0.29) is 48.8 Å². The van der Waals surface area contributed by atoms with Crippen molar-refractivity contribution in [3.05, 3.63) is 66.0 Å². The van der Waals surface area contributed by atoms with Crippen molar-refractivity contribution in [1.29, 1.82) is 0 Å². The number of likely N-dealkylation sites (tertiary alicyclic amines) is 1. The van der Waals surface area contributed by atoms with Crippen LogP contribution in [0, 0.1) is 5.92 Å². The maximum atomic E-state index is 13.1. The van der Waals surface area contributed by atoms with Crippen LogP contribution in [0.15, 0.2) is 54.9 Å². The molecule has 29 heavy (non-hydrogen) atoms. The average molecular weight is 393 g/mol. The molecule has 0 spiro atoms. The molecule has 6 heteroatoms. The van der Waals surface area contributed by atoms with Gasteiger partial charge in [-0.25, -0.2) is 0 Å². The highest BCUT2D eigenvalue weighted by Crippen LogP contribution is 2.41. The Morgan fingerprint density at radius 1 is 1.07 bits per heavy atom. The van der Waals surface area contributed by atoms with E-state index in [1.165, 1.54) is 0 Å². The lowest BCUT2D eigenvalue weighted by molar-refractivity contribution is -0.150. The molecule has 2 aromatic rings. The highest BCUT2D eigenvalue weighted by atomic mass is 16.3. The monoisotopic (exact) mass is 393 g/mol. The maximum absolute atomic E-state index is 13.1. The second-order valence-electron chi connectivity index (χ2n) is 7.96. The van der Waals surface area contributed by atoms with E-state index in [0.717, 1.165) is 30.4 Å². The van der Waals surface area contributed by atoms with Gasteiger partial charge in [-0.2, -0.15) is 0 Å². The third-order valence-electron chi connectivity index (χ3n) is 6.27. The number of amides is 2. The van der Waals surface area contributed by atoms with Gasteiger partial charge in [-0.15, -0.1) is 0 Å². The fraction of sp³-hybridized carbons (Fsp3) is 0.435. The number of pyridine rings is 1. The van der Waals surface area contributed by atoms with Crippen LogP contribution in [0.4, 0.5) is 0 Å². The van der Waals surface area contributed by atoms with Crippen LogP contribution >= 0.6 is 0 Å². The Hall–Kier alpha value is -2.73. The van der Waals surface area contributed by atoms with Gasteiger partial charge in [-0.3, -0.25) is 14.6 Å². The Bertz CT molecular complexity index is 839. The molecule has 2 fully saturated rings. The highest BCUT2D eigenvalue weighted by molar-refractivity contribution is 5.82. The summed E-state index contributed by atoms with van der Waals surface area (Å²) in [5, 5.41) is 13.1. The predicted octanol–water partition coefficient (Wildman–Crippen LogP) is 1.90. The Morgan fingerprint density at radius 3 is 2.41 bits per heavy atom. The molecule has 1 saturated heterocycles. The number of aliphatic hydroxyl groups excluding tert-OH is 1. The molecule has 2 heterocycles. The molecule has 6 nitrogen and oxygen atoms in total. The third kappa shape index (κ3) is 4.03. The number of rotatable bonds is 7. The molecule has 2 amide bonds. The minimum absolute atomic E-state index is 0.00396. The van der Waals surface area contributed by atoms with Crippen LogP contribution in [0.25, 0.3) is 0 Å². The van der Waals surface area contributed by atoms with Gasteiger partial charge in [0.25, 0.3) is 0 Å². The number of hydrogen-bond donors (Lipinski definition) is 2. The van der Waals surface area contributed by atoms with Gasteiger partial charge in [0, 0.05) is 30.8 Å². The maximum Gasteiger partial charge on any atom is 0.227 e. The minimum atomic E-state index is -0.280. The first-order chi connectivity index (χ1) is 14.2. The average Bonchev–Trinajstić information content (AvgIpc) is 2.67. The van der Waals surface area contributed by atoms with Crippen LogP contribution < -0.4 is 5.32 Å². The summed E-state index contributed by atoms with van der Waals surface area (Å²) in [4.78, 5) is 31.2. The summed E-state index contributed by atoms with van der Waals surface area (Å²) in [6, 6.07) is 13.2. The first-order valence-corrected chi connectivity index (χ1v) is 10.3. The molecule has 1 aliphatic heterocycles. The summed E-state index contributed by atoms with van der Waals surface area (Å²) in [6.07, 6.45) is 6.60. The lowest BCUT2D eigenvalue weighted by Crippen LogP contribution is -2.69. The van der Waals surface area contributed by atoms with E-state index in [9.17, 15) is 14.7 Å². The second kappa shape index (κ2) is 8.74. The number of nitrogens with zero attached hydrogens (tertiary/aromatic N) is 2. The predicted molar refractivity (Wildman–Crippen MR) is 109 cm³/mol. The van der Waals surface area contributed by atoms with Crippen LogP contribution in [0.3, 0.4) is 0 Å². The number of aliphatic hydroxyl groups is 1. The molecule has 2 aliphatic rings. The van der Waals surface area contributed by atoms with Crippen LogP contribution in [-0.4, -0.2) is 52.0 Å². The van der Waals surface area contributed by atoms with Crippen LogP contribution in [-0.2, 0) is 16.0 Å². The van der Waals surface area contributed by atoms with Crippen molar-refractivity contribution in [2.24, 2.45) is 5.92 Å². The van der Waals surface area contributed by atoms with Gasteiger partial charge in [0.1, 0.15) is 0 Å². The van der Waals surface area contributed by atoms with Gasteiger partial charge >= 0.3 is 0 Å². The Kier molecular flexibility index (Phi) is 5.90. The summed E-state index contributed by atoms with van der Waals surface area (Å²) in [5.74, 6) is 0.159. The zero-order chi connectivity index (χ0) is 20.2. The number of aromatic nitrogens is 1. The SMILES string of the molecule is O=C(NC[C@H]1[C@H](c2ccccc2)[C@H](CO)N1C(=O)Cc1ccncc1)C1CCC1. The number of nitrogens with one attached hydrogen (secondary N) is 1. The third-order valence-corrected chi connectivity index (χ3v) is 6.27.